The highest BCUT2D eigenvalue weighted by atomic mass is 16.5. The summed E-state index contributed by atoms with van der Waals surface area (Å²) in [6, 6.07) is 8.18. The summed E-state index contributed by atoms with van der Waals surface area (Å²) in [5.41, 5.74) is 0.966. The summed E-state index contributed by atoms with van der Waals surface area (Å²) in [6.07, 6.45) is 3.73. The summed E-state index contributed by atoms with van der Waals surface area (Å²) in [5, 5.41) is 13.3. The van der Waals surface area contributed by atoms with Crippen molar-refractivity contribution in [3.63, 3.8) is 0 Å². The quantitative estimate of drug-likeness (QED) is 0.843. The van der Waals surface area contributed by atoms with Crippen LogP contribution in [0.5, 0.6) is 5.75 Å². The Morgan fingerprint density at radius 1 is 1.35 bits per heavy atom. The van der Waals surface area contributed by atoms with Crippen LogP contribution in [-0.4, -0.2) is 24.4 Å². The first-order valence-electron chi connectivity index (χ1n) is 6.27. The molecule has 3 heteroatoms. The zero-order valence-corrected chi connectivity index (χ0v) is 10.5. The highest BCUT2D eigenvalue weighted by molar-refractivity contribution is 5.34. The fourth-order valence-electron chi connectivity index (χ4n) is 2.60. The van der Waals surface area contributed by atoms with Crippen LogP contribution in [0.25, 0.3) is 0 Å². The van der Waals surface area contributed by atoms with E-state index in [2.05, 4.69) is 12.2 Å². The molecule has 3 atom stereocenters. The van der Waals surface area contributed by atoms with Gasteiger partial charge in [0, 0.05) is 24.8 Å². The van der Waals surface area contributed by atoms with E-state index in [0.717, 1.165) is 24.8 Å². The van der Waals surface area contributed by atoms with Crippen LogP contribution < -0.4 is 5.32 Å². The van der Waals surface area contributed by atoms with E-state index in [0.29, 0.717) is 17.9 Å². The molecule has 3 unspecified atom stereocenters. The van der Waals surface area contributed by atoms with E-state index in [1.807, 2.05) is 18.2 Å². The van der Waals surface area contributed by atoms with Crippen LogP contribution in [0.3, 0.4) is 0 Å². The van der Waals surface area contributed by atoms with Gasteiger partial charge in [0.25, 0.3) is 0 Å². The Bertz CT molecular complexity index is 367. The van der Waals surface area contributed by atoms with Gasteiger partial charge in [0.15, 0.2) is 0 Å². The Balaban J connectivity index is 1.94. The summed E-state index contributed by atoms with van der Waals surface area (Å²) in [7, 11) is 1.78. The number of nitrogens with one attached hydrogen (secondary N) is 1. The number of hydrogen-bond donors (Lipinski definition) is 2. The molecule has 1 aromatic carbocycles. The predicted molar refractivity (Wildman–Crippen MR) is 68.1 cm³/mol. The fourth-order valence-corrected chi connectivity index (χ4v) is 2.60. The first-order chi connectivity index (χ1) is 8.20. The second-order valence-electron chi connectivity index (χ2n) is 4.81. The number of methoxy groups -OCH3 is 1. The van der Waals surface area contributed by atoms with E-state index in [4.69, 9.17) is 4.74 Å². The van der Waals surface area contributed by atoms with Gasteiger partial charge >= 0.3 is 0 Å². The molecule has 2 N–H and O–H groups in total. The molecule has 0 aromatic heterocycles. The number of phenolic OH excluding ortho intramolecular Hbond substituents is 1. The van der Waals surface area contributed by atoms with Gasteiger partial charge in [-0.1, -0.05) is 18.2 Å². The first-order valence-corrected chi connectivity index (χ1v) is 6.27. The van der Waals surface area contributed by atoms with Crippen molar-refractivity contribution in [2.75, 3.05) is 7.11 Å². The normalized spacial score (nSPS) is 26.0. The van der Waals surface area contributed by atoms with Gasteiger partial charge < -0.3 is 15.2 Å². The number of hydrogen-bond acceptors (Lipinski definition) is 3. The molecule has 1 aliphatic carbocycles. The standard InChI is InChI=1S/C14H21NO2/c1-10(13-5-3-4-6-14(13)16)15-11-7-8-12(9-11)17-2/h3-6,10-12,15-16H,7-9H2,1-2H3. The molecule has 2 rings (SSSR count). The number of aromatic hydroxyl groups is 1. The highest BCUT2D eigenvalue weighted by Crippen LogP contribution is 2.27. The molecule has 17 heavy (non-hydrogen) atoms. The van der Waals surface area contributed by atoms with Crippen molar-refractivity contribution < 1.29 is 9.84 Å². The molecule has 0 aliphatic heterocycles. The maximum Gasteiger partial charge on any atom is 0.120 e. The Labute approximate surface area is 103 Å². The van der Waals surface area contributed by atoms with Crippen LogP contribution in [-0.2, 0) is 4.74 Å². The van der Waals surface area contributed by atoms with Crippen LogP contribution in [0.2, 0.25) is 0 Å². The highest BCUT2D eigenvalue weighted by Gasteiger charge is 2.25. The molecule has 0 amide bonds. The minimum atomic E-state index is 0.178. The molecule has 3 nitrogen and oxygen atoms in total. The van der Waals surface area contributed by atoms with Crippen molar-refractivity contribution >= 4 is 0 Å². The zero-order chi connectivity index (χ0) is 12.3. The maximum absolute atomic E-state index is 9.79. The Hall–Kier alpha value is -1.06. The van der Waals surface area contributed by atoms with E-state index in [-0.39, 0.29) is 6.04 Å². The molecule has 1 aromatic rings. The van der Waals surface area contributed by atoms with Gasteiger partial charge in [0.1, 0.15) is 5.75 Å². The van der Waals surface area contributed by atoms with Gasteiger partial charge in [0.05, 0.1) is 6.10 Å². The first kappa shape index (κ1) is 12.4. The molecule has 0 heterocycles. The van der Waals surface area contributed by atoms with Crippen LogP contribution in [0.4, 0.5) is 0 Å². The Morgan fingerprint density at radius 3 is 2.76 bits per heavy atom. The minimum Gasteiger partial charge on any atom is -0.508 e. The van der Waals surface area contributed by atoms with E-state index in [9.17, 15) is 5.11 Å². The molecule has 0 saturated heterocycles. The molecule has 0 spiro atoms. The lowest BCUT2D eigenvalue weighted by molar-refractivity contribution is 0.106. The van der Waals surface area contributed by atoms with E-state index < -0.39 is 0 Å². The molecule has 0 radical (unpaired) electrons. The van der Waals surface area contributed by atoms with Gasteiger partial charge in [-0.05, 0) is 32.3 Å². The van der Waals surface area contributed by atoms with E-state index in [1.165, 1.54) is 0 Å². The van der Waals surface area contributed by atoms with E-state index >= 15 is 0 Å². The lowest BCUT2D eigenvalue weighted by Crippen LogP contribution is -2.29. The van der Waals surface area contributed by atoms with Gasteiger partial charge in [-0.2, -0.15) is 0 Å². The third kappa shape index (κ3) is 2.99. The summed E-state index contributed by atoms with van der Waals surface area (Å²) < 4.78 is 5.36. The Morgan fingerprint density at radius 2 is 2.12 bits per heavy atom. The van der Waals surface area contributed by atoms with Crippen molar-refractivity contribution in [3.8, 4) is 5.75 Å². The van der Waals surface area contributed by atoms with Gasteiger partial charge in [0.2, 0.25) is 0 Å². The number of phenols is 1. The average Bonchev–Trinajstić information content (AvgIpc) is 2.77. The van der Waals surface area contributed by atoms with Gasteiger partial charge in [-0.25, -0.2) is 0 Å². The van der Waals surface area contributed by atoms with Crippen molar-refractivity contribution in [1.82, 2.24) is 5.32 Å². The van der Waals surface area contributed by atoms with Gasteiger partial charge in [-0.15, -0.1) is 0 Å². The smallest absolute Gasteiger partial charge is 0.120 e. The van der Waals surface area contributed by atoms with Crippen molar-refractivity contribution in [2.45, 2.75) is 44.4 Å². The topological polar surface area (TPSA) is 41.5 Å². The average molecular weight is 235 g/mol. The molecular weight excluding hydrogens is 214 g/mol. The van der Waals surface area contributed by atoms with Crippen LogP contribution in [0.1, 0.15) is 37.8 Å². The molecule has 1 aliphatic rings. The van der Waals surface area contributed by atoms with Gasteiger partial charge in [-0.3, -0.25) is 0 Å². The predicted octanol–water partition coefficient (Wildman–Crippen LogP) is 2.61. The largest absolute Gasteiger partial charge is 0.508 e. The molecular formula is C14H21NO2. The number of ether oxygens (including phenoxy) is 1. The second kappa shape index (κ2) is 5.52. The zero-order valence-electron chi connectivity index (χ0n) is 10.5. The van der Waals surface area contributed by atoms with Crippen molar-refractivity contribution in [1.29, 1.82) is 0 Å². The van der Waals surface area contributed by atoms with E-state index in [1.54, 1.807) is 13.2 Å². The monoisotopic (exact) mass is 235 g/mol. The summed E-state index contributed by atoms with van der Waals surface area (Å²) in [5.74, 6) is 0.369. The molecule has 1 fully saturated rings. The summed E-state index contributed by atoms with van der Waals surface area (Å²) in [6.45, 7) is 2.09. The van der Waals surface area contributed by atoms with Crippen molar-refractivity contribution in [2.24, 2.45) is 0 Å². The Kier molecular flexibility index (Phi) is 4.02. The number of rotatable bonds is 4. The maximum atomic E-state index is 9.79. The fraction of sp³-hybridized carbons (Fsp3) is 0.571. The van der Waals surface area contributed by atoms with Crippen LogP contribution in [0.15, 0.2) is 24.3 Å². The molecule has 0 bridgehead atoms. The lowest BCUT2D eigenvalue weighted by atomic mass is 10.1. The SMILES string of the molecule is COC1CCC(NC(C)c2ccccc2O)C1. The number of para-hydroxylation sites is 1. The third-order valence-corrected chi connectivity index (χ3v) is 3.61. The molecule has 1 saturated carbocycles. The number of benzene rings is 1. The van der Waals surface area contributed by atoms with Crippen molar-refractivity contribution in [3.05, 3.63) is 29.8 Å². The summed E-state index contributed by atoms with van der Waals surface area (Å²) in [4.78, 5) is 0. The third-order valence-electron chi connectivity index (χ3n) is 3.61. The lowest BCUT2D eigenvalue weighted by Gasteiger charge is -2.20. The molecule has 94 valence electrons. The van der Waals surface area contributed by atoms with Crippen LogP contribution in [0, 0.1) is 0 Å². The minimum absolute atomic E-state index is 0.178. The second-order valence-corrected chi connectivity index (χ2v) is 4.81. The van der Waals surface area contributed by atoms with Crippen LogP contribution >= 0.6 is 0 Å². The summed E-state index contributed by atoms with van der Waals surface area (Å²) >= 11 is 0.